The Morgan fingerprint density at radius 1 is 1.09 bits per heavy atom. The Morgan fingerprint density at radius 3 is 2.22 bits per heavy atom. The number of nitrogens with zero attached hydrogens (tertiary/aromatic N) is 2. The van der Waals surface area contributed by atoms with Gasteiger partial charge in [0, 0.05) is 13.6 Å². The van der Waals surface area contributed by atoms with E-state index in [4.69, 9.17) is 10.00 Å². The monoisotopic (exact) mass is 330 g/mol. The Kier molecular flexibility index (Phi) is 5.37. The highest BCUT2D eigenvalue weighted by atomic mass is 32.2. The summed E-state index contributed by atoms with van der Waals surface area (Å²) in [5.41, 5.74) is 1.30. The Hall–Kier alpha value is -2.36. The molecule has 0 heterocycles. The SMILES string of the molecule is CCOc1ccc(CN(C)S(=O)(=O)c2ccc(C#N)cc2)cc1. The molecule has 23 heavy (non-hydrogen) atoms. The zero-order valence-corrected chi connectivity index (χ0v) is 13.9. The molecule has 2 rings (SSSR count). The molecule has 0 amide bonds. The van der Waals surface area contributed by atoms with Crippen molar-refractivity contribution in [3.8, 4) is 11.8 Å². The predicted octanol–water partition coefficient (Wildman–Crippen LogP) is 2.78. The van der Waals surface area contributed by atoms with E-state index >= 15 is 0 Å². The third kappa shape index (κ3) is 4.09. The highest BCUT2D eigenvalue weighted by Crippen LogP contribution is 2.19. The average Bonchev–Trinajstić information content (AvgIpc) is 2.57. The number of hydrogen-bond acceptors (Lipinski definition) is 4. The molecule has 0 unspecified atom stereocenters. The van der Waals surface area contributed by atoms with Crippen molar-refractivity contribution >= 4 is 10.0 Å². The van der Waals surface area contributed by atoms with Crippen LogP contribution in [-0.4, -0.2) is 26.4 Å². The predicted molar refractivity (Wildman–Crippen MR) is 87.4 cm³/mol. The van der Waals surface area contributed by atoms with Crippen molar-refractivity contribution in [3.63, 3.8) is 0 Å². The lowest BCUT2D eigenvalue weighted by Gasteiger charge is -2.17. The fourth-order valence-electron chi connectivity index (χ4n) is 2.08. The summed E-state index contributed by atoms with van der Waals surface area (Å²) in [5.74, 6) is 0.758. The van der Waals surface area contributed by atoms with Crippen LogP contribution < -0.4 is 4.74 Å². The number of sulfonamides is 1. The lowest BCUT2D eigenvalue weighted by atomic mass is 10.2. The van der Waals surface area contributed by atoms with Crippen molar-refractivity contribution in [3.05, 3.63) is 59.7 Å². The van der Waals surface area contributed by atoms with Crippen molar-refractivity contribution in [1.82, 2.24) is 4.31 Å². The van der Waals surface area contributed by atoms with Gasteiger partial charge in [-0.3, -0.25) is 0 Å². The maximum Gasteiger partial charge on any atom is 0.243 e. The molecule has 0 radical (unpaired) electrons. The van der Waals surface area contributed by atoms with E-state index in [1.807, 2.05) is 37.3 Å². The van der Waals surface area contributed by atoms with Crippen molar-refractivity contribution < 1.29 is 13.2 Å². The quantitative estimate of drug-likeness (QED) is 0.816. The van der Waals surface area contributed by atoms with E-state index in [1.54, 1.807) is 0 Å². The van der Waals surface area contributed by atoms with Crippen molar-refractivity contribution in [2.75, 3.05) is 13.7 Å². The maximum absolute atomic E-state index is 12.5. The van der Waals surface area contributed by atoms with Gasteiger partial charge in [0.25, 0.3) is 0 Å². The molecular weight excluding hydrogens is 312 g/mol. The number of ether oxygens (including phenoxy) is 1. The maximum atomic E-state index is 12.5. The normalized spacial score (nSPS) is 11.2. The molecule has 0 atom stereocenters. The minimum absolute atomic E-state index is 0.171. The zero-order valence-electron chi connectivity index (χ0n) is 13.1. The first-order chi connectivity index (χ1) is 11.0. The van der Waals surface area contributed by atoms with Gasteiger partial charge in [-0.2, -0.15) is 9.57 Å². The van der Waals surface area contributed by atoms with E-state index in [2.05, 4.69) is 0 Å². The van der Waals surface area contributed by atoms with Crippen LogP contribution in [0.2, 0.25) is 0 Å². The first kappa shape index (κ1) is 17.0. The average molecular weight is 330 g/mol. The fourth-order valence-corrected chi connectivity index (χ4v) is 3.24. The molecule has 5 nitrogen and oxygen atoms in total. The van der Waals surface area contributed by atoms with Crippen LogP contribution in [-0.2, 0) is 16.6 Å². The van der Waals surface area contributed by atoms with Crippen LogP contribution in [0.25, 0.3) is 0 Å². The molecule has 0 saturated carbocycles. The molecule has 0 aliphatic heterocycles. The minimum atomic E-state index is -3.59. The highest BCUT2D eigenvalue weighted by molar-refractivity contribution is 7.89. The number of nitriles is 1. The molecule has 0 fully saturated rings. The second-order valence-corrected chi connectivity index (χ2v) is 7.02. The van der Waals surface area contributed by atoms with E-state index < -0.39 is 10.0 Å². The molecule has 0 saturated heterocycles. The largest absolute Gasteiger partial charge is 0.494 e. The molecule has 120 valence electrons. The van der Waals surface area contributed by atoms with E-state index in [0.29, 0.717) is 12.2 Å². The summed E-state index contributed by atoms with van der Waals surface area (Å²) in [7, 11) is -2.06. The molecule has 0 aliphatic carbocycles. The Bertz CT molecular complexity index is 791. The van der Waals surface area contributed by atoms with Crippen molar-refractivity contribution in [2.45, 2.75) is 18.4 Å². The summed E-state index contributed by atoms with van der Waals surface area (Å²) < 4.78 is 31.7. The lowest BCUT2D eigenvalue weighted by molar-refractivity contribution is 0.340. The molecular formula is C17H18N2O3S. The van der Waals surface area contributed by atoms with Crippen molar-refractivity contribution in [2.24, 2.45) is 0 Å². The van der Waals surface area contributed by atoms with E-state index in [9.17, 15) is 8.42 Å². The minimum Gasteiger partial charge on any atom is -0.494 e. The van der Waals surface area contributed by atoms with Gasteiger partial charge in [0.2, 0.25) is 10.0 Å². The number of benzene rings is 2. The van der Waals surface area contributed by atoms with Crippen LogP contribution in [0.5, 0.6) is 5.75 Å². The highest BCUT2D eigenvalue weighted by Gasteiger charge is 2.20. The Balaban J connectivity index is 2.14. The van der Waals surface area contributed by atoms with Crippen LogP contribution in [0.1, 0.15) is 18.1 Å². The molecule has 0 spiro atoms. The molecule has 0 N–H and O–H groups in total. The van der Waals surface area contributed by atoms with E-state index in [-0.39, 0.29) is 11.4 Å². The van der Waals surface area contributed by atoms with Crippen LogP contribution in [0.15, 0.2) is 53.4 Å². The smallest absolute Gasteiger partial charge is 0.243 e. The third-order valence-corrected chi connectivity index (χ3v) is 5.15. The standard InChI is InChI=1S/C17H18N2O3S/c1-3-22-16-8-4-15(5-9-16)13-19(2)23(20,21)17-10-6-14(12-18)7-11-17/h4-11H,3,13H2,1-2H3. The molecule has 0 aliphatic rings. The van der Waals surface area contributed by atoms with Gasteiger partial charge in [-0.25, -0.2) is 8.42 Å². The molecule has 0 bridgehead atoms. The van der Waals surface area contributed by atoms with Crippen LogP contribution >= 0.6 is 0 Å². The second-order valence-electron chi connectivity index (χ2n) is 4.97. The molecule has 0 aromatic heterocycles. The molecule has 2 aromatic carbocycles. The first-order valence-corrected chi connectivity index (χ1v) is 8.59. The second kappa shape index (κ2) is 7.27. The summed E-state index contributed by atoms with van der Waals surface area (Å²) in [6, 6.07) is 15.2. The van der Waals surface area contributed by atoms with Crippen LogP contribution in [0, 0.1) is 11.3 Å². The van der Waals surface area contributed by atoms with Crippen LogP contribution in [0.3, 0.4) is 0 Å². The third-order valence-electron chi connectivity index (χ3n) is 3.33. The summed E-state index contributed by atoms with van der Waals surface area (Å²) in [4.78, 5) is 0.171. The van der Waals surface area contributed by atoms with E-state index in [0.717, 1.165) is 11.3 Å². The lowest BCUT2D eigenvalue weighted by Crippen LogP contribution is -2.26. The Morgan fingerprint density at radius 2 is 1.70 bits per heavy atom. The van der Waals surface area contributed by atoms with Crippen molar-refractivity contribution in [1.29, 1.82) is 5.26 Å². The first-order valence-electron chi connectivity index (χ1n) is 7.15. The van der Waals surface area contributed by atoms with Gasteiger partial charge in [0.15, 0.2) is 0 Å². The number of rotatable bonds is 6. The topological polar surface area (TPSA) is 70.4 Å². The summed E-state index contributed by atoms with van der Waals surface area (Å²) in [6.45, 7) is 2.76. The zero-order chi connectivity index (χ0) is 16.9. The Labute approximate surface area is 136 Å². The van der Waals surface area contributed by atoms with Gasteiger partial charge >= 0.3 is 0 Å². The van der Waals surface area contributed by atoms with Gasteiger partial charge in [-0.15, -0.1) is 0 Å². The fraction of sp³-hybridized carbons (Fsp3) is 0.235. The summed E-state index contributed by atoms with van der Waals surface area (Å²) >= 11 is 0. The molecule has 6 heteroatoms. The van der Waals surface area contributed by atoms with Gasteiger partial charge in [-0.05, 0) is 48.9 Å². The molecule has 2 aromatic rings. The van der Waals surface area contributed by atoms with Gasteiger partial charge in [0.05, 0.1) is 23.1 Å². The number of hydrogen-bond donors (Lipinski definition) is 0. The van der Waals surface area contributed by atoms with Gasteiger partial charge < -0.3 is 4.74 Å². The van der Waals surface area contributed by atoms with Crippen LogP contribution in [0.4, 0.5) is 0 Å². The van der Waals surface area contributed by atoms with E-state index in [1.165, 1.54) is 35.6 Å². The summed E-state index contributed by atoms with van der Waals surface area (Å²) in [5, 5.41) is 8.78. The van der Waals surface area contributed by atoms with Gasteiger partial charge in [-0.1, -0.05) is 12.1 Å². The van der Waals surface area contributed by atoms with Gasteiger partial charge in [0.1, 0.15) is 5.75 Å². The summed E-state index contributed by atoms with van der Waals surface area (Å²) in [6.07, 6.45) is 0.